The van der Waals surface area contributed by atoms with E-state index >= 15 is 0 Å². The van der Waals surface area contributed by atoms with Gasteiger partial charge in [0.1, 0.15) is 0 Å². The van der Waals surface area contributed by atoms with Crippen LogP contribution in [0.25, 0.3) is 23.3 Å². The Labute approximate surface area is 421 Å². The predicted octanol–water partition coefficient (Wildman–Crippen LogP) is 11.6. The van der Waals surface area contributed by atoms with Crippen molar-refractivity contribution in [1.29, 1.82) is 0 Å². The van der Waals surface area contributed by atoms with Crippen LogP contribution in [0, 0.1) is 0 Å². The van der Waals surface area contributed by atoms with Crippen molar-refractivity contribution in [2.24, 2.45) is 0 Å². The monoisotopic (exact) mass is 986 g/mol. The summed E-state index contributed by atoms with van der Waals surface area (Å²) in [6, 6.07) is 26.3. The molecular weight excluding hydrogens is 907 g/mol. The van der Waals surface area contributed by atoms with Gasteiger partial charge in [0.2, 0.25) is 0 Å². The second-order valence-corrected chi connectivity index (χ2v) is 31.1. The van der Waals surface area contributed by atoms with Gasteiger partial charge in [0, 0.05) is 0 Å². The molecule has 2 unspecified atom stereocenters. The average Bonchev–Trinajstić information content (AvgIpc) is 3.70. The van der Waals surface area contributed by atoms with E-state index in [9.17, 15) is 0 Å². The van der Waals surface area contributed by atoms with Crippen molar-refractivity contribution in [2.75, 3.05) is 0 Å². The van der Waals surface area contributed by atoms with Crippen molar-refractivity contribution in [3.8, 4) is 0 Å². The fourth-order valence-electron chi connectivity index (χ4n) is 11.2. The molecule has 0 bridgehead atoms. The van der Waals surface area contributed by atoms with Crippen LogP contribution in [0.3, 0.4) is 0 Å². The van der Waals surface area contributed by atoms with Crippen LogP contribution in [0.2, 0.25) is 0 Å². The molecule has 4 aliphatic carbocycles. The zero-order valence-electron chi connectivity index (χ0n) is 44.2. The van der Waals surface area contributed by atoms with E-state index in [4.69, 9.17) is 0 Å². The van der Waals surface area contributed by atoms with Gasteiger partial charge in [-0.3, -0.25) is 0 Å². The Bertz CT molecular complexity index is 2330. The summed E-state index contributed by atoms with van der Waals surface area (Å²) in [5, 5.41) is 0. The van der Waals surface area contributed by atoms with Crippen LogP contribution in [0.5, 0.6) is 0 Å². The Kier molecular flexibility index (Phi) is 13.5. The van der Waals surface area contributed by atoms with E-state index in [0.29, 0.717) is 7.25 Å². The van der Waals surface area contributed by atoms with E-state index in [-0.39, 0.29) is 68.1 Å². The molecule has 0 N–H and O–H groups in total. The summed E-state index contributed by atoms with van der Waals surface area (Å²) < 4.78 is 0.844. The summed E-state index contributed by atoms with van der Waals surface area (Å²) in [4.78, 5) is 0. The van der Waals surface area contributed by atoms with Gasteiger partial charge in [0.05, 0.1) is 0 Å². The molecule has 4 aliphatic rings. The SMILES string of the molecule is CC(C)(C)c1cc(C2=Cc3cc4c(cc3[CH]2[Zr+2][CH]2C(c3cc(C(C)(C)C)cc(C(C)(C)C)c3)=Cc3cc5c(cc32)C(C)(C)CCC5(C)C)C(C)(C)CCC4(C)C)cc(C(C)(C)C)c1.[Cl-].[Cl-]. The van der Waals surface area contributed by atoms with Crippen molar-refractivity contribution in [2.45, 2.75) is 215 Å². The van der Waals surface area contributed by atoms with E-state index in [1.165, 1.54) is 70.2 Å². The Morgan fingerprint density at radius 2 is 0.615 bits per heavy atom. The zero-order valence-corrected chi connectivity index (χ0v) is 48.1. The Hall–Kier alpha value is -2.18. The molecule has 0 nitrogen and oxygen atoms in total. The molecule has 0 saturated carbocycles. The second-order valence-electron chi connectivity index (χ2n) is 27.4. The molecule has 0 fully saturated rings. The zero-order chi connectivity index (χ0) is 46.4. The molecule has 8 rings (SSSR count). The summed E-state index contributed by atoms with van der Waals surface area (Å²) in [6.07, 6.45) is 10.3. The maximum Gasteiger partial charge on any atom is -1.00 e. The third kappa shape index (κ3) is 9.60. The van der Waals surface area contributed by atoms with Crippen LogP contribution in [0.1, 0.15) is 249 Å². The first kappa shape index (κ1) is 52.2. The minimum atomic E-state index is -1.38. The molecule has 0 heterocycles. The van der Waals surface area contributed by atoms with E-state index < -0.39 is 23.2 Å². The fourth-order valence-corrected chi connectivity index (χ4v) is 16.3. The molecule has 3 heteroatoms. The molecule has 2 atom stereocenters. The molecule has 0 spiro atoms. The first-order valence-corrected chi connectivity index (χ1v) is 27.4. The Morgan fingerprint density at radius 1 is 0.369 bits per heavy atom. The summed E-state index contributed by atoms with van der Waals surface area (Å²) in [5.74, 6) is 0. The van der Waals surface area contributed by atoms with Gasteiger partial charge in [-0.25, -0.2) is 0 Å². The normalized spacial score (nSPS) is 21.4. The van der Waals surface area contributed by atoms with Gasteiger partial charge in [0.25, 0.3) is 0 Å². The average molecular weight is 989 g/mol. The molecule has 0 aromatic heterocycles. The van der Waals surface area contributed by atoms with Crippen LogP contribution in [0.15, 0.2) is 60.7 Å². The van der Waals surface area contributed by atoms with E-state index in [1.807, 2.05) is 0 Å². The topological polar surface area (TPSA) is 0 Å². The number of hydrogen-bond acceptors (Lipinski definition) is 0. The molecule has 65 heavy (non-hydrogen) atoms. The van der Waals surface area contributed by atoms with Crippen molar-refractivity contribution < 1.29 is 48.0 Å². The van der Waals surface area contributed by atoms with Crippen LogP contribution in [-0.2, 0) is 66.6 Å². The quantitative estimate of drug-likeness (QED) is 0.191. The first-order valence-electron chi connectivity index (χ1n) is 24.6. The molecule has 4 aromatic carbocycles. The van der Waals surface area contributed by atoms with Gasteiger partial charge in [0.15, 0.2) is 0 Å². The second kappa shape index (κ2) is 16.8. The molecule has 0 amide bonds. The minimum Gasteiger partial charge on any atom is -1.00 e. The van der Waals surface area contributed by atoms with Gasteiger partial charge in [-0.15, -0.1) is 0 Å². The molecule has 0 radical (unpaired) electrons. The van der Waals surface area contributed by atoms with Gasteiger partial charge < -0.3 is 24.8 Å². The van der Waals surface area contributed by atoms with Crippen LogP contribution in [0.4, 0.5) is 0 Å². The third-order valence-electron chi connectivity index (χ3n) is 16.3. The summed E-state index contributed by atoms with van der Waals surface area (Å²) in [7, 11) is 0. The standard InChI is InChI=1S/2C31H41.2ClH.Zr/c2*1-28(2,3)24-15-23(16-25(19-24)29(4,5)6)20-13-21-17-26-27(18-22(21)14-20)31(9,10)12-11-30(26,7)8;;;/h2*13-19H,11-12H2,1-10H3;2*1H;/q;;;;+2/p-2. The first-order chi connectivity index (χ1) is 28.7. The van der Waals surface area contributed by atoms with Crippen molar-refractivity contribution in [1.82, 2.24) is 0 Å². The van der Waals surface area contributed by atoms with Gasteiger partial charge in [-0.05, 0) is 0 Å². The molecule has 0 aliphatic heterocycles. The van der Waals surface area contributed by atoms with Crippen LogP contribution < -0.4 is 24.8 Å². The Morgan fingerprint density at radius 3 is 0.862 bits per heavy atom. The van der Waals surface area contributed by atoms with Crippen LogP contribution in [-0.4, -0.2) is 0 Å². The van der Waals surface area contributed by atoms with Gasteiger partial charge in [-0.2, -0.15) is 0 Å². The predicted molar refractivity (Wildman–Crippen MR) is 272 cm³/mol. The van der Waals surface area contributed by atoms with Gasteiger partial charge in [-0.1, -0.05) is 0 Å². The number of fused-ring (bicyclic) bond motifs is 4. The van der Waals surface area contributed by atoms with Gasteiger partial charge >= 0.3 is 400 Å². The molecule has 348 valence electrons. The van der Waals surface area contributed by atoms with E-state index in [1.54, 1.807) is 44.5 Å². The smallest absolute Gasteiger partial charge is 1.00 e. The van der Waals surface area contributed by atoms with E-state index in [0.717, 1.165) is 0 Å². The van der Waals surface area contributed by atoms with Crippen molar-refractivity contribution in [3.63, 3.8) is 0 Å². The largest absolute Gasteiger partial charge is 1.00 e. The number of rotatable bonds is 4. The molecule has 0 saturated heterocycles. The maximum atomic E-state index is 2.76. The molecular formula is C62H82Cl2Zr. The number of allylic oxidation sites excluding steroid dienone is 2. The molecule has 4 aromatic rings. The fraction of sp³-hybridized carbons (Fsp3) is 0.548. The number of benzene rings is 4. The maximum absolute atomic E-state index is 2.76. The number of halogens is 2. The summed E-state index contributed by atoms with van der Waals surface area (Å²) in [6.45, 7) is 48.8. The van der Waals surface area contributed by atoms with Crippen molar-refractivity contribution in [3.05, 3.63) is 139 Å². The summed E-state index contributed by atoms with van der Waals surface area (Å²) in [5.41, 5.74) is 25.3. The summed E-state index contributed by atoms with van der Waals surface area (Å²) >= 11 is -1.38. The van der Waals surface area contributed by atoms with E-state index in [2.05, 4.69) is 211 Å². The van der Waals surface area contributed by atoms with Crippen molar-refractivity contribution >= 4 is 23.3 Å². The van der Waals surface area contributed by atoms with Crippen LogP contribution >= 0.6 is 0 Å². The third-order valence-corrected chi connectivity index (χ3v) is 21.0. The minimum absolute atomic E-state index is 0. The number of hydrogen-bond donors (Lipinski definition) is 0. The Balaban J connectivity index is 0.00000350.